The lowest BCUT2D eigenvalue weighted by molar-refractivity contribution is -0.143. The van der Waals surface area contributed by atoms with E-state index in [0.717, 1.165) is 25.0 Å². The van der Waals surface area contributed by atoms with Crippen molar-refractivity contribution in [2.45, 2.75) is 39.8 Å². The van der Waals surface area contributed by atoms with Crippen molar-refractivity contribution in [2.24, 2.45) is 5.92 Å². The van der Waals surface area contributed by atoms with Crippen molar-refractivity contribution in [3.63, 3.8) is 0 Å². The third-order valence-corrected chi connectivity index (χ3v) is 4.50. The number of halogens is 4. The maximum atomic E-state index is 13.7. The molecule has 0 unspecified atom stereocenters. The lowest BCUT2D eigenvalue weighted by atomic mass is 10.0. The summed E-state index contributed by atoms with van der Waals surface area (Å²) in [5, 5.41) is 6.98. The maximum Gasteiger partial charge on any atom is 0.435 e. The van der Waals surface area contributed by atoms with Crippen LogP contribution in [0.2, 0.25) is 0 Å². The predicted octanol–water partition coefficient (Wildman–Crippen LogP) is 4.32. The van der Waals surface area contributed by atoms with E-state index in [2.05, 4.69) is 10.3 Å². The minimum Gasteiger partial charge on any atom is -0.337 e. The largest absolute Gasteiger partial charge is 0.435 e. The van der Waals surface area contributed by atoms with Crippen molar-refractivity contribution in [1.82, 2.24) is 19.9 Å². The Morgan fingerprint density at radius 2 is 1.89 bits per heavy atom. The second kappa shape index (κ2) is 8.49. The number of rotatable bonds is 7. The Labute approximate surface area is 155 Å². The highest BCUT2D eigenvalue weighted by molar-refractivity contribution is 5.93. The van der Waals surface area contributed by atoms with Gasteiger partial charge >= 0.3 is 6.18 Å². The summed E-state index contributed by atoms with van der Waals surface area (Å²) in [6, 6.07) is 4.54. The Hall–Kier alpha value is -2.45. The Morgan fingerprint density at radius 1 is 1.22 bits per heavy atom. The number of benzene rings is 1. The van der Waals surface area contributed by atoms with E-state index in [1.807, 2.05) is 13.8 Å². The average Bonchev–Trinajstić information content (AvgIpc) is 3.08. The molecule has 2 aromatic rings. The van der Waals surface area contributed by atoms with Crippen molar-refractivity contribution >= 4 is 5.91 Å². The first kappa shape index (κ1) is 20.9. The summed E-state index contributed by atoms with van der Waals surface area (Å²) < 4.78 is 54.9. The molecule has 0 fully saturated rings. The van der Waals surface area contributed by atoms with Crippen molar-refractivity contribution in [3.05, 3.63) is 41.5 Å². The van der Waals surface area contributed by atoms with Gasteiger partial charge in [-0.25, -0.2) is 9.07 Å². The molecule has 0 saturated heterocycles. The average molecular weight is 386 g/mol. The molecule has 0 spiro atoms. The predicted molar refractivity (Wildman–Crippen MR) is 92.0 cm³/mol. The second-order valence-corrected chi connectivity index (χ2v) is 6.20. The minimum absolute atomic E-state index is 0.156. The van der Waals surface area contributed by atoms with Crippen LogP contribution in [0.1, 0.15) is 49.8 Å². The third kappa shape index (κ3) is 4.64. The molecule has 0 atom stereocenters. The Balaban J connectivity index is 2.49. The van der Waals surface area contributed by atoms with Gasteiger partial charge in [0.1, 0.15) is 5.82 Å². The van der Waals surface area contributed by atoms with E-state index < -0.39 is 29.3 Å². The summed E-state index contributed by atoms with van der Waals surface area (Å²) in [7, 11) is 0. The monoisotopic (exact) mass is 386 g/mol. The number of nitrogens with zero attached hydrogens (tertiary/aromatic N) is 4. The molecule has 0 aliphatic carbocycles. The molecule has 1 amide bonds. The van der Waals surface area contributed by atoms with Crippen LogP contribution in [0.5, 0.6) is 0 Å². The van der Waals surface area contributed by atoms with Crippen LogP contribution >= 0.6 is 0 Å². The highest BCUT2D eigenvalue weighted by Gasteiger charge is 2.43. The summed E-state index contributed by atoms with van der Waals surface area (Å²) in [4.78, 5) is 14.1. The molecule has 0 aliphatic heterocycles. The summed E-state index contributed by atoms with van der Waals surface area (Å²) in [6.07, 6.45) is -3.26. The van der Waals surface area contributed by atoms with Crippen LogP contribution in [0.15, 0.2) is 24.3 Å². The van der Waals surface area contributed by atoms with E-state index in [4.69, 9.17) is 0 Å². The number of amides is 1. The van der Waals surface area contributed by atoms with E-state index in [1.165, 1.54) is 17.0 Å². The van der Waals surface area contributed by atoms with Gasteiger partial charge in [0.25, 0.3) is 5.91 Å². The number of carbonyl (C=O) groups excluding carboxylic acids is 1. The Morgan fingerprint density at radius 3 is 2.41 bits per heavy atom. The van der Waals surface area contributed by atoms with E-state index in [9.17, 15) is 22.4 Å². The molecule has 1 aromatic carbocycles. The Bertz CT molecular complexity index is 784. The number of aromatic nitrogens is 3. The lowest BCUT2D eigenvalue weighted by Crippen LogP contribution is -2.36. The first-order chi connectivity index (χ1) is 12.7. The van der Waals surface area contributed by atoms with E-state index in [-0.39, 0.29) is 18.2 Å². The van der Waals surface area contributed by atoms with Gasteiger partial charge in [0.05, 0.1) is 5.69 Å². The fourth-order valence-electron chi connectivity index (χ4n) is 2.83. The van der Waals surface area contributed by atoms with Crippen LogP contribution in [0.25, 0.3) is 5.69 Å². The normalized spacial score (nSPS) is 11.9. The molecule has 0 saturated carbocycles. The summed E-state index contributed by atoms with van der Waals surface area (Å²) in [6.45, 7) is 6.22. The van der Waals surface area contributed by atoms with Gasteiger partial charge in [-0.3, -0.25) is 4.79 Å². The van der Waals surface area contributed by atoms with Crippen molar-refractivity contribution in [2.75, 3.05) is 13.1 Å². The van der Waals surface area contributed by atoms with Gasteiger partial charge in [-0.15, -0.1) is 5.10 Å². The summed E-state index contributed by atoms with van der Waals surface area (Å²) in [5.41, 5.74) is -2.24. The fraction of sp³-hybridized carbons (Fsp3) is 0.500. The van der Waals surface area contributed by atoms with E-state index >= 15 is 0 Å². The number of alkyl halides is 3. The first-order valence-electron chi connectivity index (χ1n) is 8.80. The van der Waals surface area contributed by atoms with Gasteiger partial charge < -0.3 is 4.90 Å². The van der Waals surface area contributed by atoms with Gasteiger partial charge in [-0.1, -0.05) is 38.0 Å². The van der Waals surface area contributed by atoms with Gasteiger partial charge in [0, 0.05) is 13.1 Å². The fourth-order valence-corrected chi connectivity index (χ4v) is 2.83. The van der Waals surface area contributed by atoms with Gasteiger partial charge in [0.2, 0.25) is 0 Å². The molecular formula is C18H22F4N4O. The van der Waals surface area contributed by atoms with Crippen LogP contribution < -0.4 is 0 Å². The van der Waals surface area contributed by atoms with Crippen LogP contribution in [0.4, 0.5) is 17.6 Å². The molecule has 0 aliphatic rings. The Kier molecular flexibility index (Phi) is 6.56. The molecular weight excluding hydrogens is 364 g/mol. The molecule has 1 aromatic heterocycles. The highest BCUT2D eigenvalue weighted by atomic mass is 19.4. The lowest BCUT2D eigenvalue weighted by Gasteiger charge is -2.25. The van der Waals surface area contributed by atoms with E-state index in [1.54, 1.807) is 6.92 Å². The van der Waals surface area contributed by atoms with Crippen molar-refractivity contribution < 1.29 is 22.4 Å². The molecule has 0 radical (unpaired) electrons. The molecule has 0 N–H and O–H groups in total. The van der Waals surface area contributed by atoms with Gasteiger partial charge in [-0.2, -0.15) is 13.2 Å². The van der Waals surface area contributed by atoms with Gasteiger partial charge in [0.15, 0.2) is 11.4 Å². The van der Waals surface area contributed by atoms with Crippen molar-refractivity contribution in [3.8, 4) is 5.69 Å². The quantitative estimate of drug-likeness (QED) is 0.666. The summed E-state index contributed by atoms with van der Waals surface area (Å²) >= 11 is 0. The van der Waals surface area contributed by atoms with Crippen LogP contribution in [0.3, 0.4) is 0 Å². The number of carbonyl (C=O) groups is 1. The molecule has 1 heterocycles. The molecule has 148 valence electrons. The zero-order valence-corrected chi connectivity index (χ0v) is 15.4. The zero-order chi connectivity index (χ0) is 20.2. The van der Waals surface area contributed by atoms with Crippen LogP contribution in [0, 0.1) is 11.7 Å². The molecule has 0 bridgehead atoms. The van der Waals surface area contributed by atoms with Gasteiger partial charge in [-0.05, 0) is 31.0 Å². The standard InChI is InChI=1S/C18H22F4N4O/c1-4-12(5-2)11-25(6-3)17(27)15-16(18(20,21)22)26(24-23-15)14-9-7-8-13(19)10-14/h7-10,12H,4-6,11H2,1-3H3. The molecule has 9 heteroatoms. The highest BCUT2D eigenvalue weighted by Crippen LogP contribution is 2.33. The minimum atomic E-state index is -4.88. The molecule has 27 heavy (non-hydrogen) atoms. The van der Waals surface area contributed by atoms with Crippen molar-refractivity contribution in [1.29, 1.82) is 0 Å². The molecule has 5 nitrogen and oxygen atoms in total. The zero-order valence-electron chi connectivity index (χ0n) is 15.4. The van der Waals surface area contributed by atoms with Crippen LogP contribution in [-0.2, 0) is 6.18 Å². The topological polar surface area (TPSA) is 51.0 Å². The number of hydrogen-bond acceptors (Lipinski definition) is 3. The second-order valence-electron chi connectivity index (χ2n) is 6.20. The number of hydrogen-bond donors (Lipinski definition) is 0. The molecule has 2 rings (SSSR count). The van der Waals surface area contributed by atoms with E-state index in [0.29, 0.717) is 11.2 Å². The smallest absolute Gasteiger partial charge is 0.337 e. The SMILES string of the molecule is CCC(CC)CN(CC)C(=O)c1nnn(-c2cccc(F)c2)c1C(F)(F)F. The van der Waals surface area contributed by atoms with Crippen LogP contribution in [-0.4, -0.2) is 38.9 Å². The maximum absolute atomic E-state index is 13.7. The summed E-state index contributed by atoms with van der Waals surface area (Å²) in [5.74, 6) is -1.37. The first-order valence-corrected chi connectivity index (χ1v) is 8.80. The third-order valence-electron chi connectivity index (χ3n) is 4.50.